The lowest BCUT2D eigenvalue weighted by molar-refractivity contribution is -0.928. The minimum Gasteiger partial charge on any atom is -0.385 e. The smallest absolute Gasteiger partial charge is 0.261 e. The zero-order chi connectivity index (χ0) is 20.8. The Morgan fingerprint density at radius 1 is 1.21 bits per heavy atom. The second kappa shape index (κ2) is 9.98. The lowest BCUT2D eigenvalue weighted by atomic mass is 10.0. The van der Waals surface area contributed by atoms with Crippen molar-refractivity contribution in [2.75, 3.05) is 39.9 Å². The summed E-state index contributed by atoms with van der Waals surface area (Å²) in [5.74, 6) is -0.835. The number of carbonyl (C=O) groups is 3. The molecule has 0 saturated carbocycles. The highest BCUT2D eigenvalue weighted by molar-refractivity contribution is 6.22. The molecule has 1 aromatic rings. The Hall–Kier alpha value is -2.25. The SMILES string of the molecule is COCCCN1C(=O)c2ccc(C(=O)NCCC[NH+]3CCCC[C@@H]3C)cc2C1=O. The van der Waals surface area contributed by atoms with Gasteiger partial charge in [0.15, 0.2) is 0 Å². The molecule has 0 aliphatic carbocycles. The van der Waals surface area contributed by atoms with Crippen LogP contribution >= 0.6 is 0 Å². The normalized spacial score (nSPS) is 21.4. The van der Waals surface area contributed by atoms with Gasteiger partial charge in [-0.15, -0.1) is 0 Å². The van der Waals surface area contributed by atoms with Gasteiger partial charge in [-0.05, 0) is 50.8 Å². The van der Waals surface area contributed by atoms with Crippen molar-refractivity contribution in [3.63, 3.8) is 0 Å². The molecule has 2 aliphatic heterocycles. The number of carbonyl (C=O) groups excluding carboxylic acids is 3. The number of imide groups is 1. The molecule has 3 rings (SSSR count). The van der Waals surface area contributed by atoms with E-state index in [0.29, 0.717) is 48.8 Å². The molecule has 2 N–H and O–H groups in total. The first-order valence-corrected chi connectivity index (χ1v) is 10.6. The number of hydrogen-bond donors (Lipinski definition) is 2. The van der Waals surface area contributed by atoms with Crippen molar-refractivity contribution < 1.29 is 24.0 Å². The number of benzene rings is 1. The molecule has 0 aromatic heterocycles. The number of rotatable bonds is 9. The number of piperidine rings is 1. The van der Waals surface area contributed by atoms with E-state index in [1.807, 2.05) is 0 Å². The summed E-state index contributed by atoms with van der Waals surface area (Å²) in [5.41, 5.74) is 1.10. The molecule has 7 nitrogen and oxygen atoms in total. The molecule has 158 valence electrons. The number of quaternary nitrogens is 1. The molecule has 3 amide bonds. The molecule has 2 atom stereocenters. The van der Waals surface area contributed by atoms with Gasteiger partial charge < -0.3 is 15.0 Å². The number of hydrogen-bond acceptors (Lipinski definition) is 4. The minimum atomic E-state index is -0.335. The summed E-state index contributed by atoms with van der Waals surface area (Å²) >= 11 is 0. The van der Waals surface area contributed by atoms with Crippen LogP contribution in [0, 0.1) is 0 Å². The van der Waals surface area contributed by atoms with E-state index in [1.165, 1.54) is 30.7 Å². The molecule has 0 bridgehead atoms. The molecule has 1 aromatic carbocycles. The maximum atomic E-state index is 12.6. The molecule has 29 heavy (non-hydrogen) atoms. The number of ether oxygens (including phenoxy) is 1. The van der Waals surface area contributed by atoms with E-state index in [0.717, 1.165) is 13.0 Å². The van der Waals surface area contributed by atoms with E-state index < -0.39 is 0 Å². The summed E-state index contributed by atoms with van der Waals surface area (Å²) in [7, 11) is 1.59. The molecular weight excluding hydrogens is 370 g/mol. The predicted molar refractivity (Wildman–Crippen MR) is 109 cm³/mol. The molecule has 1 saturated heterocycles. The zero-order valence-corrected chi connectivity index (χ0v) is 17.5. The predicted octanol–water partition coefficient (Wildman–Crippen LogP) is 0.896. The van der Waals surface area contributed by atoms with Gasteiger partial charge in [0.1, 0.15) is 0 Å². The second-order valence-corrected chi connectivity index (χ2v) is 8.03. The summed E-state index contributed by atoms with van der Waals surface area (Å²) in [6.07, 6.45) is 5.42. The van der Waals surface area contributed by atoms with E-state index in [4.69, 9.17) is 4.74 Å². The number of amides is 3. The number of nitrogens with one attached hydrogen (secondary N) is 2. The maximum Gasteiger partial charge on any atom is 0.261 e. The van der Waals surface area contributed by atoms with Crippen LogP contribution in [0.3, 0.4) is 0 Å². The van der Waals surface area contributed by atoms with Crippen LogP contribution in [0.5, 0.6) is 0 Å². The van der Waals surface area contributed by atoms with Gasteiger partial charge in [-0.1, -0.05) is 0 Å². The average molecular weight is 403 g/mol. The highest BCUT2D eigenvalue weighted by atomic mass is 16.5. The highest BCUT2D eigenvalue weighted by Gasteiger charge is 2.35. The van der Waals surface area contributed by atoms with Gasteiger partial charge in [0.05, 0.1) is 30.3 Å². The van der Waals surface area contributed by atoms with Crippen LogP contribution in [-0.4, -0.2) is 68.6 Å². The van der Waals surface area contributed by atoms with Crippen LogP contribution in [-0.2, 0) is 4.74 Å². The summed E-state index contributed by atoms with van der Waals surface area (Å²) in [5, 5.41) is 2.95. The van der Waals surface area contributed by atoms with Crippen molar-refractivity contribution in [3.8, 4) is 0 Å². The fraction of sp³-hybridized carbons (Fsp3) is 0.591. The van der Waals surface area contributed by atoms with E-state index in [-0.39, 0.29) is 17.7 Å². The molecule has 1 fully saturated rings. The van der Waals surface area contributed by atoms with Crippen LogP contribution in [0.2, 0.25) is 0 Å². The first-order chi connectivity index (χ1) is 14.0. The van der Waals surface area contributed by atoms with Crippen molar-refractivity contribution in [1.82, 2.24) is 10.2 Å². The van der Waals surface area contributed by atoms with Crippen molar-refractivity contribution in [2.45, 2.75) is 45.1 Å². The Labute approximate surface area is 172 Å². The monoisotopic (exact) mass is 402 g/mol. The summed E-state index contributed by atoms with van der Waals surface area (Å²) in [6, 6.07) is 5.45. The number of likely N-dealkylation sites (tertiary alicyclic amines) is 1. The van der Waals surface area contributed by atoms with Gasteiger partial charge in [-0.2, -0.15) is 0 Å². The fourth-order valence-electron chi connectivity index (χ4n) is 4.25. The first-order valence-electron chi connectivity index (χ1n) is 10.6. The Morgan fingerprint density at radius 3 is 2.76 bits per heavy atom. The van der Waals surface area contributed by atoms with Gasteiger partial charge in [0.25, 0.3) is 17.7 Å². The third kappa shape index (κ3) is 5.03. The summed E-state index contributed by atoms with van der Waals surface area (Å²) in [4.78, 5) is 40.4. The third-order valence-corrected chi connectivity index (χ3v) is 6.01. The van der Waals surface area contributed by atoms with Crippen LogP contribution < -0.4 is 10.2 Å². The number of fused-ring (bicyclic) bond motifs is 1. The lowest BCUT2D eigenvalue weighted by Gasteiger charge is -2.30. The largest absolute Gasteiger partial charge is 0.385 e. The van der Waals surface area contributed by atoms with Crippen LogP contribution in [0.1, 0.15) is 70.1 Å². The molecule has 2 aliphatic rings. The van der Waals surface area contributed by atoms with E-state index >= 15 is 0 Å². The van der Waals surface area contributed by atoms with Gasteiger partial charge in [0.2, 0.25) is 0 Å². The van der Waals surface area contributed by atoms with Gasteiger partial charge in [0, 0.05) is 38.8 Å². The summed E-state index contributed by atoms with van der Waals surface area (Å²) < 4.78 is 4.99. The van der Waals surface area contributed by atoms with Crippen LogP contribution in [0.4, 0.5) is 0 Å². The van der Waals surface area contributed by atoms with Crippen molar-refractivity contribution in [1.29, 1.82) is 0 Å². The minimum absolute atomic E-state index is 0.201. The second-order valence-electron chi connectivity index (χ2n) is 8.03. The van der Waals surface area contributed by atoms with Crippen molar-refractivity contribution >= 4 is 17.7 Å². The number of nitrogens with zero attached hydrogens (tertiary/aromatic N) is 1. The Bertz CT molecular complexity index is 764. The Balaban J connectivity index is 1.52. The average Bonchev–Trinajstić information content (AvgIpc) is 2.96. The highest BCUT2D eigenvalue weighted by Crippen LogP contribution is 2.24. The topological polar surface area (TPSA) is 80.2 Å². The summed E-state index contributed by atoms with van der Waals surface area (Å²) in [6.45, 7) is 6.00. The Kier molecular flexibility index (Phi) is 7.39. The molecule has 0 spiro atoms. The van der Waals surface area contributed by atoms with Gasteiger partial charge in [-0.25, -0.2) is 0 Å². The molecule has 2 heterocycles. The van der Waals surface area contributed by atoms with E-state index in [2.05, 4.69) is 12.2 Å². The Morgan fingerprint density at radius 2 is 2.00 bits per heavy atom. The fourth-order valence-corrected chi connectivity index (χ4v) is 4.25. The van der Waals surface area contributed by atoms with Crippen molar-refractivity contribution in [2.24, 2.45) is 0 Å². The van der Waals surface area contributed by atoms with Gasteiger partial charge >= 0.3 is 0 Å². The molecule has 0 radical (unpaired) electrons. The van der Waals surface area contributed by atoms with Gasteiger partial charge in [-0.3, -0.25) is 19.3 Å². The number of methoxy groups -OCH3 is 1. The third-order valence-electron chi connectivity index (χ3n) is 6.01. The van der Waals surface area contributed by atoms with Crippen LogP contribution in [0.25, 0.3) is 0 Å². The quantitative estimate of drug-likeness (QED) is 0.475. The lowest BCUT2D eigenvalue weighted by Crippen LogP contribution is -3.16. The van der Waals surface area contributed by atoms with E-state index in [1.54, 1.807) is 30.2 Å². The van der Waals surface area contributed by atoms with Crippen molar-refractivity contribution in [3.05, 3.63) is 34.9 Å². The maximum absolute atomic E-state index is 12.6. The zero-order valence-electron chi connectivity index (χ0n) is 17.5. The molecule has 7 heteroatoms. The molecule has 1 unspecified atom stereocenters. The first kappa shape index (κ1) is 21.5. The standard InChI is InChI=1S/C22H31N3O4/c1-16-7-3-4-11-24(16)12-5-10-23-20(26)17-8-9-18-19(15-17)22(28)25(21(18)27)13-6-14-29-2/h8-9,15-16H,3-7,10-14H2,1-2H3,(H,23,26)/p+1/t16-/m0/s1. The molecular formula is C22H32N3O4+. The van der Waals surface area contributed by atoms with E-state index in [9.17, 15) is 14.4 Å². The van der Waals surface area contributed by atoms with Crippen LogP contribution in [0.15, 0.2) is 18.2 Å².